The van der Waals surface area contributed by atoms with Crippen LogP contribution < -0.4 is 5.32 Å². The predicted octanol–water partition coefficient (Wildman–Crippen LogP) is 1.40. The minimum atomic E-state index is -0.298. The van der Waals surface area contributed by atoms with Crippen molar-refractivity contribution in [2.45, 2.75) is 49.3 Å². The standard InChI is InChI=1S/C13H22N2O2S/c1-15-11(16)8-10(12(15)17)14-9-13(18-2)6-4-3-5-7-13/h10,14H,3-9H2,1-2H3. The van der Waals surface area contributed by atoms with Crippen LogP contribution in [0.25, 0.3) is 0 Å². The van der Waals surface area contributed by atoms with Crippen LogP contribution in [0.5, 0.6) is 0 Å². The molecule has 1 N–H and O–H groups in total. The minimum absolute atomic E-state index is 0.0701. The molecule has 2 fully saturated rings. The van der Waals surface area contributed by atoms with Gasteiger partial charge in [-0.3, -0.25) is 14.5 Å². The average Bonchev–Trinajstić information content (AvgIpc) is 2.65. The van der Waals surface area contributed by atoms with Crippen molar-refractivity contribution in [2.24, 2.45) is 0 Å². The Morgan fingerprint density at radius 1 is 1.33 bits per heavy atom. The number of hydrogen-bond donors (Lipinski definition) is 1. The zero-order chi connectivity index (χ0) is 13.2. The third-order valence-corrected chi connectivity index (χ3v) is 5.67. The lowest BCUT2D eigenvalue weighted by Crippen LogP contribution is -2.46. The largest absolute Gasteiger partial charge is 0.304 e. The molecule has 1 heterocycles. The Bertz CT molecular complexity index is 340. The van der Waals surface area contributed by atoms with Crippen LogP contribution in [0.3, 0.4) is 0 Å². The Morgan fingerprint density at radius 3 is 2.50 bits per heavy atom. The average molecular weight is 270 g/mol. The van der Waals surface area contributed by atoms with Crippen LogP contribution in [-0.4, -0.2) is 47.4 Å². The van der Waals surface area contributed by atoms with Gasteiger partial charge < -0.3 is 5.32 Å². The van der Waals surface area contributed by atoms with Gasteiger partial charge in [0.25, 0.3) is 0 Å². The molecule has 0 aromatic carbocycles. The summed E-state index contributed by atoms with van der Waals surface area (Å²) in [5.74, 6) is -0.147. The lowest BCUT2D eigenvalue weighted by molar-refractivity contribution is -0.137. The second kappa shape index (κ2) is 5.61. The third-order valence-electron chi connectivity index (χ3n) is 4.25. The van der Waals surface area contributed by atoms with Crippen molar-refractivity contribution in [3.8, 4) is 0 Å². The summed E-state index contributed by atoms with van der Waals surface area (Å²) in [4.78, 5) is 24.5. The molecule has 1 saturated heterocycles. The van der Waals surface area contributed by atoms with Gasteiger partial charge in [0.05, 0.1) is 12.5 Å². The fourth-order valence-corrected chi connectivity index (χ4v) is 3.80. The number of nitrogens with zero attached hydrogens (tertiary/aromatic N) is 1. The quantitative estimate of drug-likeness (QED) is 0.785. The molecule has 18 heavy (non-hydrogen) atoms. The third kappa shape index (κ3) is 2.72. The monoisotopic (exact) mass is 270 g/mol. The number of likely N-dealkylation sites (N-methyl/N-ethyl adjacent to an activating group) is 1. The maximum atomic E-state index is 11.8. The Morgan fingerprint density at radius 2 is 2.00 bits per heavy atom. The van der Waals surface area contributed by atoms with E-state index in [4.69, 9.17) is 0 Å². The lowest BCUT2D eigenvalue weighted by Gasteiger charge is -2.36. The molecule has 0 bridgehead atoms. The first-order chi connectivity index (χ1) is 8.58. The smallest absolute Gasteiger partial charge is 0.246 e. The summed E-state index contributed by atoms with van der Waals surface area (Å²) in [6, 6.07) is -0.298. The van der Waals surface area contributed by atoms with Crippen LogP contribution in [0.2, 0.25) is 0 Å². The van der Waals surface area contributed by atoms with Crippen LogP contribution in [0.1, 0.15) is 38.5 Å². The van der Waals surface area contributed by atoms with Crippen molar-refractivity contribution in [2.75, 3.05) is 19.8 Å². The van der Waals surface area contributed by atoms with E-state index in [1.54, 1.807) is 7.05 Å². The topological polar surface area (TPSA) is 49.4 Å². The van der Waals surface area contributed by atoms with E-state index >= 15 is 0 Å². The fourth-order valence-electron chi connectivity index (χ4n) is 2.87. The van der Waals surface area contributed by atoms with Gasteiger partial charge in [0.2, 0.25) is 11.8 Å². The zero-order valence-electron chi connectivity index (χ0n) is 11.2. The highest BCUT2D eigenvalue weighted by molar-refractivity contribution is 8.00. The summed E-state index contributed by atoms with van der Waals surface area (Å²) < 4.78 is 0.267. The van der Waals surface area contributed by atoms with E-state index < -0.39 is 0 Å². The molecule has 0 spiro atoms. The van der Waals surface area contributed by atoms with Crippen LogP contribution in [-0.2, 0) is 9.59 Å². The zero-order valence-corrected chi connectivity index (χ0v) is 12.0. The minimum Gasteiger partial charge on any atom is -0.304 e. The van der Waals surface area contributed by atoms with Gasteiger partial charge in [-0.1, -0.05) is 19.3 Å². The van der Waals surface area contributed by atoms with Crippen molar-refractivity contribution in [3.05, 3.63) is 0 Å². The Labute approximate surface area is 113 Å². The number of carbonyl (C=O) groups excluding carboxylic acids is 2. The first-order valence-corrected chi connectivity index (χ1v) is 7.89. The van der Waals surface area contributed by atoms with Gasteiger partial charge in [0.15, 0.2) is 0 Å². The van der Waals surface area contributed by atoms with Crippen LogP contribution in [0.4, 0.5) is 0 Å². The molecular formula is C13H22N2O2S. The Hall–Kier alpha value is -0.550. The first-order valence-electron chi connectivity index (χ1n) is 6.67. The molecule has 102 valence electrons. The maximum Gasteiger partial charge on any atom is 0.246 e. The summed E-state index contributed by atoms with van der Waals surface area (Å²) in [5.41, 5.74) is 0. The highest BCUT2D eigenvalue weighted by Crippen LogP contribution is 2.38. The SMILES string of the molecule is CSC1(CNC2CC(=O)N(C)C2=O)CCCCC1. The Kier molecular flexibility index (Phi) is 4.33. The molecule has 5 heteroatoms. The predicted molar refractivity (Wildman–Crippen MR) is 73.5 cm³/mol. The number of nitrogens with one attached hydrogen (secondary N) is 1. The van der Waals surface area contributed by atoms with Gasteiger partial charge in [0, 0.05) is 18.3 Å². The highest BCUT2D eigenvalue weighted by Gasteiger charge is 2.38. The van der Waals surface area contributed by atoms with Crippen LogP contribution in [0.15, 0.2) is 0 Å². The molecule has 0 radical (unpaired) electrons. The second-order valence-corrected chi connectivity index (χ2v) is 6.65. The molecule has 4 nitrogen and oxygen atoms in total. The van der Waals surface area contributed by atoms with E-state index in [0.717, 1.165) is 6.54 Å². The normalized spacial score (nSPS) is 27.9. The number of carbonyl (C=O) groups is 2. The molecule has 1 atom stereocenters. The fraction of sp³-hybridized carbons (Fsp3) is 0.846. The van der Waals surface area contributed by atoms with Gasteiger partial charge in [-0.15, -0.1) is 0 Å². The summed E-state index contributed by atoms with van der Waals surface area (Å²) in [7, 11) is 1.57. The molecule has 0 aromatic rings. The summed E-state index contributed by atoms with van der Waals surface area (Å²) in [6.07, 6.45) is 8.78. The molecule has 1 aliphatic heterocycles. The molecule has 2 aliphatic rings. The summed E-state index contributed by atoms with van der Waals surface area (Å²) >= 11 is 1.91. The van der Waals surface area contributed by atoms with Crippen molar-refractivity contribution < 1.29 is 9.59 Å². The van der Waals surface area contributed by atoms with E-state index in [9.17, 15) is 9.59 Å². The molecule has 2 rings (SSSR count). The summed E-state index contributed by atoms with van der Waals surface area (Å²) in [6.45, 7) is 0.839. The Balaban J connectivity index is 1.90. The molecule has 1 unspecified atom stereocenters. The number of thioether (sulfide) groups is 1. The first kappa shape index (κ1) is 13.9. The van der Waals surface area contributed by atoms with Gasteiger partial charge in [0.1, 0.15) is 0 Å². The maximum absolute atomic E-state index is 11.8. The van der Waals surface area contributed by atoms with Crippen molar-refractivity contribution in [1.82, 2.24) is 10.2 Å². The van der Waals surface area contributed by atoms with Gasteiger partial charge in [-0.2, -0.15) is 11.8 Å². The summed E-state index contributed by atoms with van der Waals surface area (Å²) in [5, 5.41) is 3.32. The number of amides is 2. The van der Waals surface area contributed by atoms with Gasteiger partial charge >= 0.3 is 0 Å². The number of hydrogen-bond acceptors (Lipinski definition) is 4. The number of likely N-dealkylation sites (tertiary alicyclic amines) is 1. The molecule has 1 saturated carbocycles. The van der Waals surface area contributed by atoms with Crippen molar-refractivity contribution in [3.63, 3.8) is 0 Å². The van der Waals surface area contributed by atoms with Crippen molar-refractivity contribution in [1.29, 1.82) is 0 Å². The highest BCUT2D eigenvalue weighted by atomic mass is 32.2. The van der Waals surface area contributed by atoms with E-state index in [1.165, 1.54) is 37.0 Å². The van der Waals surface area contributed by atoms with Gasteiger partial charge in [-0.05, 0) is 19.1 Å². The van der Waals surface area contributed by atoms with Crippen LogP contribution >= 0.6 is 11.8 Å². The molecule has 0 aromatic heterocycles. The van der Waals surface area contributed by atoms with Gasteiger partial charge in [-0.25, -0.2) is 0 Å². The van der Waals surface area contributed by atoms with E-state index in [1.807, 2.05) is 11.8 Å². The van der Waals surface area contributed by atoms with E-state index in [0.29, 0.717) is 6.42 Å². The van der Waals surface area contributed by atoms with Crippen LogP contribution in [0, 0.1) is 0 Å². The van der Waals surface area contributed by atoms with E-state index in [-0.39, 0.29) is 22.6 Å². The number of imide groups is 1. The second-order valence-electron chi connectivity index (χ2n) is 5.38. The molecule has 1 aliphatic carbocycles. The van der Waals surface area contributed by atoms with E-state index in [2.05, 4.69) is 11.6 Å². The number of rotatable bonds is 4. The molecular weight excluding hydrogens is 248 g/mol. The molecule has 2 amide bonds. The van der Waals surface area contributed by atoms with Crippen molar-refractivity contribution >= 4 is 23.6 Å². The lowest BCUT2D eigenvalue weighted by atomic mass is 9.88.